The number of methoxy groups -OCH3 is 1. The summed E-state index contributed by atoms with van der Waals surface area (Å²) in [6, 6.07) is 0.350. The highest BCUT2D eigenvalue weighted by Crippen LogP contribution is 2.38. The molecule has 1 aromatic rings. The van der Waals surface area contributed by atoms with Crippen LogP contribution in [0.3, 0.4) is 0 Å². The summed E-state index contributed by atoms with van der Waals surface area (Å²) in [6.45, 7) is 0. The largest absolute Gasteiger partial charge is 0.573 e. The van der Waals surface area contributed by atoms with Gasteiger partial charge in [-0.05, 0) is 6.07 Å². The number of rotatable bonds is 3. The summed E-state index contributed by atoms with van der Waals surface area (Å²) < 4.78 is 82.0. The Hall–Kier alpha value is -1.71. The zero-order valence-electron chi connectivity index (χ0n) is 10.1. The minimum atomic E-state index is -5.36. The van der Waals surface area contributed by atoms with Gasteiger partial charge in [0.2, 0.25) is 0 Å². The number of halogens is 7. The first-order chi connectivity index (χ1) is 9.49. The van der Waals surface area contributed by atoms with Gasteiger partial charge in [0.15, 0.2) is 17.1 Å². The minimum Gasteiger partial charge on any atom is -0.464 e. The van der Waals surface area contributed by atoms with Crippen LogP contribution in [0, 0.1) is 0 Å². The number of hydrogen-bond donors (Lipinski definition) is 0. The van der Waals surface area contributed by atoms with E-state index >= 15 is 0 Å². The van der Waals surface area contributed by atoms with Crippen LogP contribution < -0.4 is 4.74 Å². The van der Waals surface area contributed by atoms with Gasteiger partial charge < -0.3 is 9.47 Å². The molecule has 1 rings (SSSR count). The molecule has 0 amide bonds. The fraction of sp³-hybridized carbons (Fsp3) is 0.400. The van der Waals surface area contributed by atoms with Crippen LogP contribution in [-0.2, 0) is 16.8 Å². The minimum absolute atomic E-state index is 0.350. The Morgan fingerprint density at radius 3 is 2.24 bits per heavy atom. The van der Waals surface area contributed by atoms with Gasteiger partial charge in [-0.15, -0.1) is 24.8 Å². The first kappa shape index (κ1) is 17.3. The molecule has 0 saturated heterocycles. The first-order valence-corrected chi connectivity index (χ1v) is 5.54. The second-order valence-corrected chi connectivity index (χ2v) is 3.78. The number of nitrogens with zero attached hydrogens (tertiary/aromatic N) is 1. The fourth-order valence-corrected chi connectivity index (χ4v) is 1.52. The van der Waals surface area contributed by atoms with Gasteiger partial charge in [0, 0.05) is 11.4 Å². The molecule has 0 aliphatic heterocycles. The smallest absolute Gasteiger partial charge is 0.464 e. The Kier molecular flexibility index (Phi) is 4.92. The molecular formula is C10H6ClF6NO3. The lowest BCUT2D eigenvalue weighted by Gasteiger charge is -2.16. The zero-order chi connectivity index (χ0) is 16.4. The molecule has 1 heterocycles. The number of carbonyl (C=O) groups is 1. The molecule has 4 nitrogen and oxygen atoms in total. The van der Waals surface area contributed by atoms with Gasteiger partial charge in [-0.3, -0.25) is 0 Å². The van der Waals surface area contributed by atoms with E-state index in [1.54, 1.807) is 0 Å². The lowest BCUT2D eigenvalue weighted by Crippen LogP contribution is -2.23. The third-order valence-corrected chi connectivity index (χ3v) is 2.37. The van der Waals surface area contributed by atoms with Gasteiger partial charge in [-0.2, -0.15) is 13.2 Å². The monoisotopic (exact) mass is 337 g/mol. The van der Waals surface area contributed by atoms with Crippen molar-refractivity contribution in [3.05, 3.63) is 23.0 Å². The normalized spacial score (nSPS) is 12.2. The van der Waals surface area contributed by atoms with Crippen LogP contribution in [-0.4, -0.2) is 24.4 Å². The third kappa shape index (κ3) is 4.38. The van der Waals surface area contributed by atoms with Crippen LogP contribution in [0.5, 0.6) is 5.75 Å². The lowest BCUT2D eigenvalue weighted by atomic mass is 10.1. The van der Waals surface area contributed by atoms with E-state index in [4.69, 9.17) is 11.6 Å². The molecule has 0 radical (unpaired) electrons. The second-order valence-electron chi connectivity index (χ2n) is 3.51. The molecule has 0 atom stereocenters. The molecule has 11 heteroatoms. The molecule has 0 aromatic carbocycles. The Morgan fingerprint density at radius 1 is 1.29 bits per heavy atom. The molecule has 0 aliphatic rings. The molecule has 0 bridgehead atoms. The molecule has 21 heavy (non-hydrogen) atoms. The molecule has 0 spiro atoms. The summed E-state index contributed by atoms with van der Waals surface area (Å²) in [5.74, 6) is -3.43. The Balaban J connectivity index is 3.53. The van der Waals surface area contributed by atoms with Crippen LogP contribution in [0.4, 0.5) is 26.3 Å². The predicted molar refractivity (Wildman–Crippen MR) is 56.8 cm³/mol. The summed E-state index contributed by atoms with van der Waals surface area (Å²) in [6.07, 6.45) is -10.6. The van der Waals surface area contributed by atoms with Crippen LogP contribution in [0.2, 0.25) is 0 Å². The highest BCUT2D eigenvalue weighted by Gasteiger charge is 2.42. The van der Waals surface area contributed by atoms with Crippen molar-refractivity contribution in [1.82, 2.24) is 4.98 Å². The summed E-state index contributed by atoms with van der Waals surface area (Å²) in [5, 5.41) is 0. The molecule has 0 fully saturated rings. The predicted octanol–water partition coefficient (Wildman–Crippen LogP) is 3.52. The van der Waals surface area contributed by atoms with Crippen LogP contribution in [0.1, 0.15) is 21.7 Å². The first-order valence-electron chi connectivity index (χ1n) is 5.00. The summed E-state index contributed by atoms with van der Waals surface area (Å²) >= 11 is 5.38. The molecular weight excluding hydrogens is 332 g/mol. The molecule has 0 N–H and O–H groups in total. The average molecular weight is 338 g/mol. The maximum Gasteiger partial charge on any atom is 0.573 e. The van der Waals surface area contributed by atoms with Gasteiger partial charge >= 0.3 is 18.5 Å². The van der Waals surface area contributed by atoms with E-state index in [1.807, 2.05) is 0 Å². The van der Waals surface area contributed by atoms with Gasteiger partial charge in [0.25, 0.3) is 0 Å². The molecule has 0 aliphatic carbocycles. The Bertz CT molecular complexity index is 543. The average Bonchev–Trinajstić information content (AvgIpc) is 2.34. The number of carbonyl (C=O) groups excluding carboxylic acids is 1. The maximum absolute atomic E-state index is 12.7. The molecule has 1 aromatic heterocycles. The van der Waals surface area contributed by atoms with E-state index in [9.17, 15) is 31.1 Å². The number of hydrogen-bond acceptors (Lipinski definition) is 4. The van der Waals surface area contributed by atoms with E-state index in [1.165, 1.54) is 0 Å². The van der Waals surface area contributed by atoms with E-state index in [-0.39, 0.29) is 0 Å². The van der Waals surface area contributed by atoms with Crippen molar-refractivity contribution in [3.63, 3.8) is 0 Å². The molecule has 0 saturated carbocycles. The lowest BCUT2D eigenvalue weighted by molar-refractivity contribution is -0.276. The van der Waals surface area contributed by atoms with Crippen LogP contribution in [0.15, 0.2) is 6.07 Å². The summed E-state index contributed by atoms with van der Waals surface area (Å²) in [7, 11) is 0.870. The van der Waals surface area contributed by atoms with Crippen molar-refractivity contribution in [2.45, 2.75) is 18.4 Å². The Labute approximate surface area is 118 Å². The number of esters is 1. The standard InChI is InChI=1S/C10H6ClF6NO3/c1-20-8(19)6-4(3-11)2-5(21-10(15,16)17)7(18-6)9(12,13)14/h2H,3H2,1H3. The van der Waals surface area contributed by atoms with Crippen molar-refractivity contribution in [1.29, 1.82) is 0 Å². The summed E-state index contributed by atoms with van der Waals surface area (Å²) in [5.41, 5.74) is -3.24. The fourth-order valence-electron chi connectivity index (χ4n) is 1.31. The van der Waals surface area contributed by atoms with Crippen molar-refractivity contribution in [2.24, 2.45) is 0 Å². The third-order valence-electron chi connectivity index (χ3n) is 2.08. The highest BCUT2D eigenvalue weighted by molar-refractivity contribution is 6.17. The number of alkyl halides is 7. The van der Waals surface area contributed by atoms with E-state index in [0.29, 0.717) is 6.07 Å². The van der Waals surface area contributed by atoms with Gasteiger partial charge in [-0.1, -0.05) is 0 Å². The van der Waals surface area contributed by atoms with Gasteiger partial charge in [-0.25, -0.2) is 9.78 Å². The maximum atomic E-state index is 12.7. The van der Waals surface area contributed by atoms with Crippen LogP contribution >= 0.6 is 11.6 Å². The van der Waals surface area contributed by atoms with E-state index < -0.39 is 47.1 Å². The van der Waals surface area contributed by atoms with Gasteiger partial charge in [0.05, 0.1) is 7.11 Å². The number of aromatic nitrogens is 1. The van der Waals surface area contributed by atoms with Crippen molar-refractivity contribution >= 4 is 17.6 Å². The molecule has 118 valence electrons. The Morgan fingerprint density at radius 2 is 1.86 bits per heavy atom. The SMILES string of the molecule is COC(=O)c1nc(C(F)(F)F)c(OC(F)(F)F)cc1CCl. The van der Waals surface area contributed by atoms with E-state index in [2.05, 4.69) is 14.5 Å². The summed E-state index contributed by atoms with van der Waals surface area (Å²) in [4.78, 5) is 14.2. The van der Waals surface area contributed by atoms with Crippen molar-refractivity contribution in [3.8, 4) is 5.75 Å². The topological polar surface area (TPSA) is 48.4 Å². The number of pyridine rings is 1. The van der Waals surface area contributed by atoms with Crippen molar-refractivity contribution < 1.29 is 40.6 Å². The van der Waals surface area contributed by atoms with Crippen molar-refractivity contribution in [2.75, 3.05) is 7.11 Å². The highest BCUT2D eigenvalue weighted by atomic mass is 35.5. The van der Waals surface area contributed by atoms with Crippen LogP contribution in [0.25, 0.3) is 0 Å². The number of ether oxygens (including phenoxy) is 2. The molecule has 0 unspecified atom stereocenters. The zero-order valence-corrected chi connectivity index (χ0v) is 10.9. The second kappa shape index (κ2) is 5.96. The van der Waals surface area contributed by atoms with E-state index in [0.717, 1.165) is 7.11 Å². The van der Waals surface area contributed by atoms with Gasteiger partial charge in [0.1, 0.15) is 0 Å². The quantitative estimate of drug-likeness (QED) is 0.481.